The Morgan fingerprint density at radius 1 is 1.38 bits per heavy atom. The minimum Gasteiger partial charge on any atom is -0.352 e. The summed E-state index contributed by atoms with van der Waals surface area (Å²) in [6.45, 7) is 1.14. The van der Waals surface area contributed by atoms with Crippen molar-refractivity contribution in [2.45, 2.75) is 17.9 Å². The monoisotopic (exact) mass is 370 g/mol. The third-order valence-electron chi connectivity index (χ3n) is 3.36. The van der Waals surface area contributed by atoms with Crippen LogP contribution in [0.4, 0.5) is 0 Å². The topological polar surface area (TPSA) is 84.3 Å². The number of carbonyl (C=O) groups excluding carboxylic acids is 1. The lowest BCUT2D eigenvalue weighted by Crippen LogP contribution is -2.26. The van der Waals surface area contributed by atoms with Crippen molar-refractivity contribution in [2.75, 3.05) is 20.6 Å². The van der Waals surface area contributed by atoms with Crippen LogP contribution in [0.3, 0.4) is 0 Å². The van der Waals surface area contributed by atoms with Crippen molar-refractivity contribution in [2.24, 2.45) is 0 Å². The van der Waals surface area contributed by atoms with Crippen molar-refractivity contribution in [1.29, 1.82) is 0 Å². The summed E-state index contributed by atoms with van der Waals surface area (Å²) in [5, 5.41) is 6.91. The van der Waals surface area contributed by atoms with Crippen molar-refractivity contribution in [3.63, 3.8) is 0 Å². The number of nitrogens with one attached hydrogen (secondary N) is 1. The Kier molecular flexibility index (Phi) is 5.98. The van der Waals surface area contributed by atoms with Crippen LogP contribution in [0.5, 0.6) is 0 Å². The number of carbonyl (C=O) groups is 1. The number of nitrogens with zero attached hydrogens (tertiary/aromatic N) is 3. The quantitative estimate of drug-likeness (QED) is 0.750. The molecular weight excluding hydrogens is 352 g/mol. The predicted octanol–water partition coefficient (Wildman–Crippen LogP) is 1.61. The van der Waals surface area contributed by atoms with Gasteiger partial charge in [-0.15, -0.1) is 0 Å². The SMILES string of the molecule is CN(C)S(=O)(=O)c1cc(C(=O)NCCCn2cccn2)ccc1Cl. The summed E-state index contributed by atoms with van der Waals surface area (Å²) in [4.78, 5) is 12.1. The molecular formula is C15H19ClN4O3S. The fraction of sp³-hybridized carbons (Fsp3) is 0.333. The number of rotatable bonds is 7. The molecule has 0 fully saturated rings. The van der Waals surface area contributed by atoms with Gasteiger partial charge in [-0.1, -0.05) is 11.6 Å². The lowest BCUT2D eigenvalue weighted by molar-refractivity contribution is 0.0952. The summed E-state index contributed by atoms with van der Waals surface area (Å²) in [6, 6.07) is 6.04. The smallest absolute Gasteiger partial charge is 0.251 e. The number of aryl methyl sites for hydroxylation is 1. The van der Waals surface area contributed by atoms with Crippen molar-refractivity contribution < 1.29 is 13.2 Å². The summed E-state index contributed by atoms with van der Waals surface area (Å²) < 4.78 is 27.3. The van der Waals surface area contributed by atoms with Crippen LogP contribution in [0.25, 0.3) is 0 Å². The van der Waals surface area contributed by atoms with Crippen molar-refractivity contribution in [3.05, 3.63) is 47.2 Å². The number of benzene rings is 1. The maximum Gasteiger partial charge on any atom is 0.251 e. The van der Waals surface area contributed by atoms with Crippen LogP contribution in [0.15, 0.2) is 41.6 Å². The summed E-state index contributed by atoms with van der Waals surface area (Å²) >= 11 is 5.97. The van der Waals surface area contributed by atoms with Gasteiger partial charge in [-0.2, -0.15) is 5.10 Å². The van der Waals surface area contributed by atoms with E-state index in [1.807, 2.05) is 12.3 Å². The fourth-order valence-electron chi connectivity index (χ4n) is 2.02. The minimum atomic E-state index is -3.71. The molecule has 0 atom stereocenters. The molecule has 1 amide bonds. The molecule has 24 heavy (non-hydrogen) atoms. The summed E-state index contributed by atoms with van der Waals surface area (Å²) in [7, 11) is -0.888. The highest BCUT2D eigenvalue weighted by Gasteiger charge is 2.22. The van der Waals surface area contributed by atoms with Crippen LogP contribution in [-0.4, -0.2) is 49.1 Å². The first-order chi connectivity index (χ1) is 11.3. The van der Waals surface area contributed by atoms with E-state index in [0.29, 0.717) is 19.5 Å². The van der Waals surface area contributed by atoms with Crippen LogP contribution in [0, 0.1) is 0 Å². The summed E-state index contributed by atoms with van der Waals surface area (Å²) in [5.41, 5.74) is 0.249. The summed E-state index contributed by atoms with van der Waals surface area (Å²) in [5.74, 6) is -0.345. The molecule has 0 aliphatic carbocycles. The predicted molar refractivity (Wildman–Crippen MR) is 91.5 cm³/mol. The number of hydrogen-bond acceptors (Lipinski definition) is 4. The fourth-order valence-corrected chi connectivity index (χ4v) is 3.41. The summed E-state index contributed by atoms with van der Waals surface area (Å²) in [6.07, 6.45) is 4.25. The molecule has 2 rings (SSSR count). The van der Waals surface area contributed by atoms with Crippen LogP contribution in [0.1, 0.15) is 16.8 Å². The molecule has 1 heterocycles. The number of halogens is 1. The Morgan fingerprint density at radius 2 is 2.12 bits per heavy atom. The van der Waals surface area contributed by atoms with E-state index in [1.54, 1.807) is 10.9 Å². The average molecular weight is 371 g/mol. The van der Waals surface area contributed by atoms with Gasteiger partial charge < -0.3 is 5.32 Å². The third-order valence-corrected chi connectivity index (χ3v) is 5.66. The van der Waals surface area contributed by atoms with Crippen LogP contribution < -0.4 is 5.32 Å². The molecule has 1 aromatic heterocycles. The molecule has 0 aliphatic rings. The van der Waals surface area contributed by atoms with Gasteiger partial charge in [-0.25, -0.2) is 12.7 Å². The van der Waals surface area contributed by atoms with E-state index in [9.17, 15) is 13.2 Å². The normalized spacial score (nSPS) is 11.7. The number of amides is 1. The zero-order valence-electron chi connectivity index (χ0n) is 13.4. The minimum absolute atomic E-state index is 0.0823. The molecule has 7 nitrogen and oxygen atoms in total. The van der Waals surface area contributed by atoms with E-state index in [0.717, 1.165) is 4.31 Å². The number of aromatic nitrogens is 2. The van der Waals surface area contributed by atoms with Crippen molar-refractivity contribution in [3.8, 4) is 0 Å². The number of hydrogen-bond donors (Lipinski definition) is 1. The Balaban J connectivity index is 2.02. The molecule has 0 saturated heterocycles. The number of sulfonamides is 1. The van der Waals surface area contributed by atoms with E-state index in [2.05, 4.69) is 10.4 Å². The first kappa shape index (κ1) is 18.4. The van der Waals surface area contributed by atoms with E-state index in [1.165, 1.54) is 32.3 Å². The Labute approximate surface area is 146 Å². The van der Waals surface area contributed by atoms with Crippen LogP contribution >= 0.6 is 11.6 Å². The zero-order valence-corrected chi connectivity index (χ0v) is 15.0. The first-order valence-electron chi connectivity index (χ1n) is 7.30. The second-order valence-electron chi connectivity index (χ2n) is 5.31. The Hall–Kier alpha value is -1.90. The molecule has 0 aliphatic heterocycles. The van der Waals surface area contributed by atoms with E-state index < -0.39 is 10.0 Å². The second kappa shape index (κ2) is 7.78. The Bertz CT molecular complexity index is 804. The van der Waals surface area contributed by atoms with Gasteiger partial charge in [0.25, 0.3) is 5.91 Å². The van der Waals surface area contributed by atoms with Crippen LogP contribution in [0.2, 0.25) is 5.02 Å². The highest BCUT2D eigenvalue weighted by Crippen LogP contribution is 2.24. The standard InChI is InChI=1S/C15H19ClN4O3S/c1-19(2)24(22,23)14-11-12(5-6-13(14)16)15(21)17-7-3-9-20-10-4-8-18-20/h4-6,8,10-11H,3,7,9H2,1-2H3,(H,17,21). The van der Waals surface area contributed by atoms with Gasteiger partial charge in [0.05, 0.1) is 5.02 Å². The lowest BCUT2D eigenvalue weighted by Gasteiger charge is -2.14. The molecule has 0 unspecified atom stereocenters. The maximum atomic E-state index is 12.2. The average Bonchev–Trinajstić information content (AvgIpc) is 3.04. The van der Waals surface area contributed by atoms with Gasteiger partial charge >= 0.3 is 0 Å². The molecule has 9 heteroatoms. The van der Waals surface area contributed by atoms with Gasteiger partial charge in [0.15, 0.2) is 0 Å². The third kappa shape index (κ3) is 4.34. The van der Waals surface area contributed by atoms with Gasteiger partial charge in [0.2, 0.25) is 10.0 Å². The van der Waals surface area contributed by atoms with Gasteiger partial charge in [-0.3, -0.25) is 9.48 Å². The van der Waals surface area contributed by atoms with E-state index in [-0.39, 0.29) is 21.4 Å². The Morgan fingerprint density at radius 3 is 2.75 bits per heavy atom. The van der Waals surface area contributed by atoms with Crippen molar-refractivity contribution in [1.82, 2.24) is 19.4 Å². The zero-order chi connectivity index (χ0) is 17.7. The molecule has 130 valence electrons. The largest absolute Gasteiger partial charge is 0.352 e. The van der Waals surface area contributed by atoms with Gasteiger partial charge in [0, 0.05) is 45.1 Å². The molecule has 1 aromatic carbocycles. The van der Waals surface area contributed by atoms with Gasteiger partial charge in [0.1, 0.15) is 4.90 Å². The molecule has 0 bridgehead atoms. The van der Waals surface area contributed by atoms with Gasteiger partial charge in [-0.05, 0) is 30.7 Å². The molecule has 1 N–H and O–H groups in total. The highest BCUT2D eigenvalue weighted by atomic mass is 35.5. The first-order valence-corrected chi connectivity index (χ1v) is 9.12. The van der Waals surface area contributed by atoms with Crippen molar-refractivity contribution >= 4 is 27.5 Å². The second-order valence-corrected chi connectivity index (χ2v) is 7.84. The van der Waals surface area contributed by atoms with E-state index in [4.69, 9.17) is 11.6 Å². The van der Waals surface area contributed by atoms with Crippen LogP contribution in [-0.2, 0) is 16.6 Å². The molecule has 0 saturated carbocycles. The molecule has 2 aromatic rings. The maximum absolute atomic E-state index is 12.2. The molecule has 0 spiro atoms. The van der Waals surface area contributed by atoms with E-state index >= 15 is 0 Å². The molecule has 0 radical (unpaired) electrons. The lowest BCUT2D eigenvalue weighted by atomic mass is 10.2. The highest BCUT2D eigenvalue weighted by molar-refractivity contribution is 7.89.